The quantitative estimate of drug-likeness (QED) is 0.636. The SMILES string of the molecule is C[C@H](O[P+](=O)[C@H](O)CCCc1ccccc1)C(=O)N1CCC[C@H]1C(=O)O. The molecule has 1 fully saturated rings. The molecule has 0 aromatic heterocycles. The maximum atomic E-state index is 12.3. The van der Waals surface area contributed by atoms with Gasteiger partial charge in [0.25, 0.3) is 11.8 Å². The Labute approximate surface area is 153 Å². The number of carboxylic acid groups (broad SMARTS) is 1. The Balaban J connectivity index is 1.78. The fourth-order valence-corrected chi connectivity index (χ4v) is 3.97. The molecule has 2 N–H and O–H groups in total. The second kappa shape index (κ2) is 9.76. The number of likely N-dealkylation sites (tertiary alicyclic amines) is 1. The van der Waals surface area contributed by atoms with Crippen molar-refractivity contribution in [2.24, 2.45) is 0 Å². The van der Waals surface area contributed by atoms with Crippen LogP contribution >= 0.6 is 8.03 Å². The summed E-state index contributed by atoms with van der Waals surface area (Å²) in [7, 11) is -2.43. The van der Waals surface area contributed by atoms with Gasteiger partial charge in [-0.3, -0.25) is 4.79 Å². The highest BCUT2D eigenvalue weighted by Gasteiger charge is 2.40. The Morgan fingerprint density at radius 2 is 2.04 bits per heavy atom. The third-order valence-electron chi connectivity index (χ3n) is 4.44. The summed E-state index contributed by atoms with van der Waals surface area (Å²) in [4.78, 5) is 24.8. The first-order valence-electron chi connectivity index (χ1n) is 8.78. The second-order valence-electron chi connectivity index (χ2n) is 6.42. The number of aryl methyl sites for hydroxylation is 1. The molecule has 1 saturated heterocycles. The summed E-state index contributed by atoms with van der Waals surface area (Å²) in [6.45, 7) is 1.78. The van der Waals surface area contributed by atoms with E-state index in [0.29, 0.717) is 32.2 Å². The Morgan fingerprint density at radius 1 is 1.35 bits per heavy atom. The molecule has 26 heavy (non-hydrogen) atoms. The largest absolute Gasteiger partial charge is 0.541 e. The summed E-state index contributed by atoms with van der Waals surface area (Å²) in [5.74, 6) is -2.71. The van der Waals surface area contributed by atoms with Crippen molar-refractivity contribution in [3.8, 4) is 0 Å². The number of aliphatic carboxylic acids is 1. The summed E-state index contributed by atoms with van der Waals surface area (Å²) in [5.41, 5.74) is 1.13. The van der Waals surface area contributed by atoms with Crippen molar-refractivity contribution in [2.45, 2.75) is 57.0 Å². The molecule has 2 rings (SSSR count). The molecule has 0 bridgehead atoms. The minimum Gasteiger partial charge on any atom is -0.480 e. The van der Waals surface area contributed by atoms with Gasteiger partial charge in [0.05, 0.1) is 0 Å². The molecule has 1 aliphatic rings. The highest BCUT2D eigenvalue weighted by atomic mass is 31.1. The van der Waals surface area contributed by atoms with Crippen LogP contribution in [-0.4, -0.2) is 51.5 Å². The lowest BCUT2D eigenvalue weighted by atomic mass is 10.1. The van der Waals surface area contributed by atoms with Gasteiger partial charge >= 0.3 is 14.0 Å². The zero-order valence-electron chi connectivity index (χ0n) is 14.8. The number of hydrogen-bond donors (Lipinski definition) is 2. The summed E-state index contributed by atoms with van der Waals surface area (Å²) in [5, 5.41) is 19.1. The van der Waals surface area contributed by atoms with Gasteiger partial charge < -0.3 is 15.1 Å². The van der Waals surface area contributed by atoms with Crippen LogP contribution in [0.3, 0.4) is 0 Å². The van der Waals surface area contributed by atoms with E-state index in [0.717, 1.165) is 12.0 Å². The van der Waals surface area contributed by atoms with Gasteiger partial charge in [-0.1, -0.05) is 30.3 Å². The lowest BCUT2D eigenvalue weighted by Gasteiger charge is -2.22. The zero-order chi connectivity index (χ0) is 19.1. The van der Waals surface area contributed by atoms with Crippen LogP contribution in [0.5, 0.6) is 0 Å². The molecule has 0 saturated carbocycles. The Hall–Kier alpha value is -1.82. The Kier molecular flexibility index (Phi) is 7.69. The van der Waals surface area contributed by atoms with Crippen molar-refractivity contribution in [1.29, 1.82) is 0 Å². The van der Waals surface area contributed by atoms with E-state index in [4.69, 9.17) is 9.63 Å². The van der Waals surface area contributed by atoms with E-state index in [1.54, 1.807) is 0 Å². The van der Waals surface area contributed by atoms with E-state index in [9.17, 15) is 19.3 Å². The molecule has 4 atom stereocenters. The number of nitrogens with zero attached hydrogens (tertiary/aromatic N) is 1. The van der Waals surface area contributed by atoms with E-state index in [-0.39, 0.29) is 0 Å². The number of carboxylic acids is 1. The van der Waals surface area contributed by atoms with Crippen LogP contribution in [0.2, 0.25) is 0 Å². The number of amides is 1. The molecule has 0 radical (unpaired) electrons. The van der Waals surface area contributed by atoms with E-state index in [1.165, 1.54) is 11.8 Å². The van der Waals surface area contributed by atoms with Crippen LogP contribution in [0.25, 0.3) is 0 Å². The molecular formula is C18H25NO6P+. The first-order valence-corrected chi connectivity index (χ1v) is 10.0. The van der Waals surface area contributed by atoms with E-state index >= 15 is 0 Å². The van der Waals surface area contributed by atoms with Crippen LogP contribution < -0.4 is 0 Å². The molecule has 0 aliphatic carbocycles. The zero-order valence-corrected chi connectivity index (χ0v) is 15.7. The van der Waals surface area contributed by atoms with Crippen LogP contribution in [0, 0.1) is 0 Å². The number of aliphatic hydroxyl groups is 1. The fourth-order valence-electron chi connectivity index (χ4n) is 3.03. The van der Waals surface area contributed by atoms with Crippen LogP contribution in [-0.2, 0) is 25.1 Å². The van der Waals surface area contributed by atoms with E-state index in [1.807, 2.05) is 30.3 Å². The molecule has 0 spiro atoms. The average molecular weight is 382 g/mol. The maximum absolute atomic E-state index is 12.3. The number of rotatable bonds is 9. The number of carbonyl (C=O) groups excluding carboxylic acids is 1. The lowest BCUT2D eigenvalue weighted by Crippen LogP contribution is -2.45. The van der Waals surface area contributed by atoms with Crippen molar-refractivity contribution < 1.29 is 28.9 Å². The van der Waals surface area contributed by atoms with Crippen molar-refractivity contribution in [2.75, 3.05) is 6.54 Å². The van der Waals surface area contributed by atoms with E-state index in [2.05, 4.69) is 0 Å². The number of aliphatic hydroxyl groups excluding tert-OH is 1. The van der Waals surface area contributed by atoms with Gasteiger partial charge in [-0.25, -0.2) is 4.79 Å². The first-order chi connectivity index (χ1) is 12.4. The van der Waals surface area contributed by atoms with E-state index < -0.39 is 37.9 Å². The van der Waals surface area contributed by atoms with Crippen molar-refractivity contribution >= 4 is 19.9 Å². The van der Waals surface area contributed by atoms with Gasteiger partial charge in [0.2, 0.25) is 0 Å². The van der Waals surface area contributed by atoms with Crippen molar-refractivity contribution in [1.82, 2.24) is 4.90 Å². The summed E-state index contributed by atoms with van der Waals surface area (Å²) in [6.07, 6.45) is 1.66. The molecule has 142 valence electrons. The van der Waals surface area contributed by atoms with Crippen LogP contribution in [0.1, 0.15) is 38.2 Å². The number of hydrogen-bond acceptors (Lipinski definition) is 5. The average Bonchev–Trinajstić information content (AvgIpc) is 3.11. The third-order valence-corrected chi connectivity index (χ3v) is 5.71. The lowest BCUT2D eigenvalue weighted by molar-refractivity contribution is -0.150. The molecule has 1 unspecified atom stereocenters. The molecule has 1 aromatic carbocycles. The van der Waals surface area contributed by atoms with Crippen LogP contribution in [0.4, 0.5) is 0 Å². The summed E-state index contributed by atoms with van der Waals surface area (Å²) < 4.78 is 17.3. The molecule has 1 aromatic rings. The third kappa shape index (κ3) is 5.59. The highest BCUT2D eigenvalue weighted by Crippen LogP contribution is 2.33. The molecule has 1 aliphatic heterocycles. The normalized spacial score (nSPS) is 19.8. The smallest absolute Gasteiger partial charge is 0.480 e. The molecule has 8 heteroatoms. The number of carbonyl (C=O) groups is 2. The predicted octanol–water partition coefficient (Wildman–Crippen LogP) is 2.55. The van der Waals surface area contributed by atoms with Gasteiger partial charge in [-0.15, -0.1) is 4.52 Å². The van der Waals surface area contributed by atoms with Gasteiger partial charge in [0.15, 0.2) is 6.10 Å². The maximum Gasteiger partial charge on any atom is 0.541 e. The summed E-state index contributed by atoms with van der Waals surface area (Å²) >= 11 is 0. The van der Waals surface area contributed by atoms with Crippen LogP contribution in [0.15, 0.2) is 30.3 Å². The minimum atomic E-state index is -2.43. The second-order valence-corrected chi connectivity index (χ2v) is 7.80. The predicted molar refractivity (Wildman–Crippen MR) is 95.9 cm³/mol. The topological polar surface area (TPSA) is 104 Å². The molecule has 1 heterocycles. The van der Waals surface area contributed by atoms with Gasteiger partial charge in [-0.05, 0) is 42.7 Å². The highest BCUT2D eigenvalue weighted by molar-refractivity contribution is 7.39. The van der Waals surface area contributed by atoms with Crippen molar-refractivity contribution in [3.63, 3.8) is 0 Å². The van der Waals surface area contributed by atoms with Gasteiger partial charge in [-0.2, -0.15) is 0 Å². The molecule has 1 amide bonds. The summed E-state index contributed by atoms with van der Waals surface area (Å²) in [6, 6.07) is 8.91. The Bertz CT molecular complexity index is 638. The standard InChI is InChI=1S/C18H24NO6P/c1-13(17(21)19-12-6-10-15(19)18(22)23)25-26(24)16(20)11-5-9-14-7-3-2-4-8-14/h2-4,7-8,13,15-16,20H,5-6,9-12H2,1H3/p+1/t13-,15-,16-/m0/s1. The number of benzene rings is 1. The van der Waals surface area contributed by atoms with Crippen molar-refractivity contribution in [3.05, 3.63) is 35.9 Å². The minimum absolute atomic E-state index is 0.298. The van der Waals surface area contributed by atoms with Gasteiger partial charge in [0.1, 0.15) is 6.04 Å². The monoisotopic (exact) mass is 382 g/mol. The Morgan fingerprint density at radius 3 is 2.69 bits per heavy atom. The molecular weight excluding hydrogens is 357 g/mol. The first kappa shape index (κ1) is 20.5. The molecule has 7 nitrogen and oxygen atoms in total. The van der Waals surface area contributed by atoms with Gasteiger partial charge in [0, 0.05) is 13.0 Å². The fraction of sp³-hybridized carbons (Fsp3) is 0.556.